The third-order valence-corrected chi connectivity index (χ3v) is 3.68. The fourth-order valence-corrected chi connectivity index (χ4v) is 2.31. The molecule has 0 bridgehead atoms. The lowest BCUT2D eigenvalue weighted by molar-refractivity contribution is 0.611. The number of rotatable bonds is 13. The second-order valence-electron chi connectivity index (χ2n) is 5.80. The molecule has 0 saturated heterocycles. The van der Waals surface area contributed by atoms with Crippen LogP contribution in [-0.2, 0) is 0 Å². The van der Waals surface area contributed by atoms with Crippen LogP contribution >= 0.6 is 0 Å². The summed E-state index contributed by atoms with van der Waals surface area (Å²) in [6, 6.07) is 0. The Morgan fingerprint density at radius 2 is 1.20 bits per heavy atom. The Hall–Kier alpha value is -0.700. The lowest BCUT2D eigenvalue weighted by Crippen LogP contribution is -1.78. The van der Waals surface area contributed by atoms with Crippen LogP contribution in [0.5, 0.6) is 0 Å². The highest BCUT2D eigenvalue weighted by atomic mass is 13.9. The summed E-state index contributed by atoms with van der Waals surface area (Å²) in [5.74, 6) is 6.43. The topological polar surface area (TPSA) is 0 Å². The monoisotopic (exact) mass is 276 g/mol. The van der Waals surface area contributed by atoms with E-state index in [1.807, 2.05) is 0 Å². The van der Waals surface area contributed by atoms with Crippen LogP contribution in [0.15, 0.2) is 12.2 Å². The SMILES string of the molecule is CCCCCCCCC#C/C=C\CCCCCCCC. The molecule has 0 aromatic rings. The maximum Gasteiger partial charge on any atom is 0.00922 e. The van der Waals surface area contributed by atoms with Crippen molar-refractivity contribution in [3.8, 4) is 11.8 Å². The first kappa shape index (κ1) is 19.3. The Morgan fingerprint density at radius 3 is 1.85 bits per heavy atom. The van der Waals surface area contributed by atoms with Gasteiger partial charge in [-0.1, -0.05) is 96.0 Å². The number of hydrogen-bond donors (Lipinski definition) is 0. The molecule has 0 unspecified atom stereocenters. The lowest BCUT2D eigenvalue weighted by atomic mass is 10.1. The minimum Gasteiger partial charge on any atom is -0.0985 e. The molecular formula is C20H36. The summed E-state index contributed by atoms with van der Waals surface area (Å²) in [6.07, 6.45) is 23.0. The number of unbranched alkanes of at least 4 members (excludes halogenated alkanes) is 12. The largest absolute Gasteiger partial charge is 0.0985 e. The van der Waals surface area contributed by atoms with Gasteiger partial charge in [-0.2, -0.15) is 0 Å². The number of hydrogen-bond acceptors (Lipinski definition) is 0. The van der Waals surface area contributed by atoms with Crippen LogP contribution in [0.4, 0.5) is 0 Å². The molecule has 0 aliphatic carbocycles. The highest BCUT2D eigenvalue weighted by Crippen LogP contribution is 2.07. The summed E-state index contributed by atoms with van der Waals surface area (Å²) in [5, 5.41) is 0. The molecule has 0 aromatic heterocycles. The van der Waals surface area contributed by atoms with Crippen LogP contribution in [0.2, 0.25) is 0 Å². The predicted octanol–water partition coefficient (Wildman–Crippen LogP) is 7.05. The van der Waals surface area contributed by atoms with Crippen LogP contribution in [-0.4, -0.2) is 0 Å². The summed E-state index contributed by atoms with van der Waals surface area (Å²) >= 11 is 0. The van der Waals surface area contributed by atoms with Crippen molar-refractivity contribution in [3.63, 3.8) is 0 Å². The molecule has 0 heterocycles. The van der Waals surface area contributed by atoms with E-state index in [1.54, 1.807) is 0 Å². The van der Waals surface area contributed by atoms with Crippen molar-refractivity contribution in [2.75, 3.05) is 0 Å². The first-order chi connectivity index (χ1) is 9.91. The van der Waals surface area contributed by atoms with Gasteiger partial charge in [0.25, 0.3) is 0 Å². The van der Waals surface area contributed by atoms with Crippen molar-refractivity contribution < 1.29 is 0 Å². The average Bonchev–Trinajstić information content (AvgIpc) is 2.47. The Balaban J connectivity index is 3.19. The highest BCUT2D eigenvalue weighted by molar-refractivity contribution is 5.14. The molecule has 0 aromatic carbocycles. The summed E-state index contributed by atoms with van der Waals surface area (Å²) in [4.78, 5) is 0. The van der Waals surface area contributed by atoms with Crippen molar-refractivity contribution in [1.82, 2.24) is 0 Å². The molecule has 0 saturated carbocycles. The Kier molecular flexibility index (Phi) is 17.7. The fraction of sp³-hybridized carbons (Fsp3) is 0.800. The molecule has 0 aliphatic rings. The van der Waals surface area contributed by atoms with E-state index in [2.05, 4.69) is 37.8 Å². The van der Waals surface area contributed by atoms with E-state index in [-0.39, 0.29) is 0 Å². The van der Waals surface area contributed by atoms with E-state index in [1.165, 1.54) is 83.5 Å². The van der Waals surface area contributed by atoms with E-state index in [4.69, 9.17) is 0 Å². The van der Waals surface area contributed by atoms with E-state index in [0.717, 1.165) is 6.42 Å². The molecule has 0 N–H and O–H groups in total. The smallest absolute Gasteiger partial charge is 0.00922 e. The quantitative estimate of drug-likeness (QED) is 0.250. The van der Waals surface area contributed by atoms with Gasteiger partial charge >= 0.3 is 0 Å². The number of allylic oxidation sites excluding steroid dienone is 2. The van der Waals surface area contributed by atoms with Crippen molar-refractivity contribution in [3.05, 3.63) is 12.2 Å². The summed E-state index contributed by atoms with van der Waals surface area (Å²) in [7, 11) is 0. The van der Waals surface area contributed by atoms with Crippen LogP contribution < -0.4 is 0 Å². The maximum absolute atomic E-state index is 3.26. The van der Waals surface area contributed by atoms with E-state index >= 15 is 0 Å². The standard InChI is InChI=1S/C20H36/c1-3-5-7-9-11-13-15-17-19-20-18-16-14-12-10-8-6-4-2/h17,19H,3-16H2,1-2H3/b19-17-. The van der Waals surface area contributed by atoms with Gasteiger partial charge in [0.05, 0.1) is 0 Å². The first-order valence-electron chi connectivity index (χ1n) is 9.05. The molecule has 0 aliphatic heterocycles. The molecule has 0 nitrogen and oxygen atoms in total. The van der Waals surface area contributed by atoms with Crippen molar-refractivity contribution >= 4 is 0 Å². The van der Waals surface area contributed by atoms with Gasteiger partial charge in [0.2, 0.25) is 0 Å². The van der Waals surface area contributed by atoms with Gasteiger partial charge < -0.3 is 0 Å². The second kappa shape index (κ2) is 18.3. The van der Waals surface area contributed by atoms with Gasteiger partial charge in [0.1, 0.15) is 0 Å². The van der Waals surface area contributed by atoms with Crippen LogP contribution in [0.3, 0.4) is 0 Å². The summed E-state index contributed by atoms with van der Waals surface area (Å²) < 4.78 is 0. The van der Waals surface area contributed by atoms with Gasteiger partial charge in [-0.25, -0.2) is 0 Å². The van der Waals surface area contributed by atoms with Gasteiger partial charge in [0.15, 0.2) is 0 Å². The molecule has 0 rings (SSSR count). The van der Waals surface area contributed by atoms with Crippen molar-refractivity contribution in [1.29, 1.82) is 0 Å². The Morgan fingerprint density at radius 1 is 0.650 bits per heavy atom. The van der Waals surface area contributed by atoms with Gasteiger partial charge in [-0.15, -0.1) is 0 Å². The summed E-state index contributed by atoms with van der Waals surface area (Å²) in [5.41, 5.74) is 0. The van der Waals surface area contributed by atoms with E-state index in [9.17, 15) is 0 Å². The average molecular weight is 277 g/mol. The Labute approximate surface area is 128 Å². The van der Waals surface area contributed by atoms with Crippen LogP contribution in [0.25, 0.3) is 0 Å². The zero-order valence-corrected chi connectivity index (χ0v) is 14.1. The predicted molar refractivity (Wildman–Crippen MR) is 92.9 cm³/mol. The molecular weight excluding hydrogens is 240 g/mol. The van der Waals surface area contributed by atoms with Gasteiger partial charge in [-0.05, 0) is 25.3 Å². The molecule has 0 fully saturated rings. The minimum atomic E-state index is 1.08. The third kappa shape index (κ3) is 17.3. The molecule has 0 amide bonds. The second-order valence-corrected chi connectivity index (χ2v) is 5.80. The minimum absolute atomic E-state index is 1.08. The van der Waals surface area contributed by atoms with Gasteiger partial charge in [0, 0.05) is 6.42 Å². The molecule has 116 valence electrons. The summed E-state index contributed by atoms with van der Waals surface area (Å²) in [6.45, 7) is 4.54. The molecule has 0 spiro atoms. The maximum atomic E-state index is 3.26. The first-order valence-corrected chi connectivity index (χ1v) is 9.05. The fourth-order valence-electron chi connectivity index (χ4n) is 2.31. The highest BCUT2D eigenvalue weighted by Gasteiger charge is 1.88. The zero-order chi connectivity index (χ0) is 14.7. The van der Waals surface area contributed by atoms with Crippen LogP contribution in [0.1, 0.15) is 104 Å². The molecule has 0 heteroatoms. The lowest BCUT2D eigenvalue weighted by Gasteiger charge is -1.97. The zero-order valence-electron chi connectivity index (χ0n) is 14.1. The normalized spacial score (nSPS) is 10.7. The van der Waals surface area contributed by atoms with Crippen LogP contribution in [0, 0.1) is 11.8 Å². The van der Waals surface area contributed by atoms with E-state index < -0.39 is 0 Å². The third-order valence-electron chi connectivity index (χ3n) is 3.68. The molecule has 20 heavy (non-hydrogen) atoms. The van der Waals surface area contributed by atoms with Crippen molar-refractivity contribution in [2.45, 2.75) is 104 Å². The Bertz CT molecular complexity index is 251. The molecule has 0 radical (unpaired) electrons. The molecule has 0 atom stereocenters. The van der Waals surface area contributed by atoms with Gasteiger partial charge in [-0.3, -0.25) is 0 Å². The van der Waals surface area contributed by atoms with E-state index in [0.29, 0.717) is 0 Å². The van der Waals surface area contributed by atoms with Crippen molar-refractivity contribution in [2.24, 2.45) is 0 Å².